The maximum absolute atomic E-state index is 12.5. The maximum atomic E-state index is 12.5. The zero-order valence-electron chi connectivity index (χ0n) is 23.4. The van der Waals surface area contributed by atoms with Crippen LogP contribution in [0.5, 0.6) is 0 Å². The minimum Gasteiger partial charge on any atom is -0.462 e. The molecule has 0 aromatic rings. The third-order valence-corrected chi connectivity index (χ3v) is 13.1. The second-order valence-corrected chi connectivity index (χ2v) is 14.9. The molecule has 2 heteroatoms. The highest BCUT2D eigenvalue weighted by atomic mass is 16.5. The van der Waals surface area contributed by atoms with Crippen molar-refractivity contribution in [1.82, 2.24) is 0 Å². The fourth-order valence-corrected chi connectivity index (χ4v) is 11.0. The van der Waals surface area contributed by atoms with Crippen LogP contribution in [0.15, 0.2) is 23.8 Å². The molecule has 0 spiro atoms. The van der Waals surface area contributed by atoms with E-state index in [1.54, 1.807) is 12.5 Å². The molecular weight excluding hydrogens is 416 g/mol. The lowest BCUT2D eigenvalue weighted by Crippen LogP contribution is -2.68. The van der Waals surface area contributed by atoms with E-state index in [0.717, 1.165) is 12.8 Å². The Kier molecular flexibility index (Phi) is 5.42. The van der Waals surface area contributed by atoms with Gasteiger partial charge in [-0.05, 0) is 96.7 Å². The summed E-state index contributed by atoms with van der Waals surface area (Å²) in [5, 5.41) is 0. The van der Waals surface area contributed by atoms with Gasteiger partial charge in [-0.25, -0.2) is 0 Å². The van der Waals surface area contributed by atoms with Crippen LogP contribution in [-0.4, -0.2) is 12.1 Å². The molecule has 4 fully saturated rings. The SMILES string of the molecule is C=C1CC[C@]2(C)CC[C@]3(C)C(=CC[C@@H]4[C@@]5(C)CCCC(C)(C)[C@@H]5C[C@@H](OC(C)=O)[C@]43C)[C@@H]2[C@H]1C. The highest BCUT2D eigenvalue weighted by molar-refractivity contribution is 5.66. The van der Waals surface area contributed by atoms with Gasteiger partial charge in [0.05, 0.1) is 0 Å². The Hall–Kier alpha value is -1.05. The first-order chi connectivity index (χ1) is 15.7. The minimum absolute atomic E-state index is 0.00519. The van der Waals surface area contributed by atoms with E-state index in [1.165, 1.54) is 50.5 Å². The molecule has 0 radical (unpaired) electrons. The van der Waals surface area contributed by atoms with Gasteiger partial charge in [0, 0.05) is 12.3 Å². The van der Waals surface area contributed by atoms with Gasteiger partial charge in [-0.15, -0.1) is 0 Å². The molecular formula is C32H50O2. The van der Waals surface area contributed by atoms with Crippen LogP contribution >= 0.6 is 0 Å². The fraction of sp³-hybridized carbons (Fsp3) is 0.844. The van der Waals surface area contributed by atoms with E-state index in [2.05, 4.69) is 61.1 Å². The van der Waals surface area contributed by atoms with Crippen LogP contribution < -0.4 is 0 Å². The average Bonchev–Trinajstić information content (AvgIpc) is 2.73. The zero-order valence-corrected chi connectivity index (χ0v) is 23.4. The third kappa shape index (κ3) is 3.02. The lowest BCUT2D eigenvalue weighted by molar-refractivity contribution is -0.238. The van der Waals surface area contributed by atoms with E-state index in [-0.39, 0.29) is 22.9 Å². The number of rotatable bonds is 1. The van der Waals surface area contributed by atoms with Gasteiger partial charge in [0.15, 0.2) is 0 Å². The predicted molar refractivity (Wildman–Crippen MR) is 140 cm³/mol. The summed E-state index contributed by atoms with van der Waals surface area (Å²) in [6, 6.07) is 0. The number of ether oxygens (including phenoxy) is 1. The highest BCUT2D eigenvalue weighted by Gasteiger charge is 2.70. The molecule has 190 valence electrons. The molecule has 0 N–H and O–H groups in total. The molecule has 0 aromatic heterocycles. The van der Waals surface area contributed by atoms with Crippen molar-refractivity contribution in [3.8, 4) is 0 Å². The van der Waals surface area contributed by atoms with Gasteiger partial charge >= 0.3 is 5.97 Å². The van der Waals surface area contributed by atoms with E-state index in [9.17, 15) is 4.79 Å². The van der Waals surface area contributed by atoms with Crippen molar-refractivity contribution >= 4 is 5.97 Å². The van der Waals surface area contributed by atoms with Gasteiger partial charge < -0.3 is 4.74 Å². The van der Waals surface area contributed by atoms with E-state index in [1.807, 2.05) is 0 Å². The molecule has 2 nitrogen and oxygen atoms in total. The van der Waals surface area contributed by atoms with Crippen molar-refractivity contribution in [2.45, 2.75) is 119 Å². The first-order valence-corrected chi connectivity index (χ1v) is 14.3. The Balaban J connectivity index is 1.67. The number of hydrogen-bond donors (Lipinski definition) is 0. The molecule has 0 amide bonds. The number of hydrogen-bond acceptors (Lipinski definition) is 2. The predicted octanol–water partition coefficient (Wildman–Crippen LogP) is 8.52. The third-order valence-electron chi connectivity index (χ3n) is 13.1. The summed E-state index contributed by atoms with van der Waals surface area (Å²) in [6.45, 7) is 23.8. The Labute approximate surface area is 209 Å². The largest absolute Gasteiger partial charge is 0.462 e. The lowest BCUT2D eigenvalue weighted by atomic mass is 9.33. The van der Waals surface area contributed by atoms with E-state index < -0.39 is 0 Å². The Morgan fingerprint density at radius 3 is 2.38 bits per heavy atom. The van der Waals surface area contributed by atoms with Crippen molar-refractivity contribution in [3.05, 3.63) is 23.8 Å². The van der Waals surface area contributed by atoms with Crippen molar-refractivity contribution in [1.29, 1.82) is 0 Å². The van der Waals surface area contributed by atoms with Crippen LogP contribution in [0.1, 0.15) is 113 Å². The van der Waals surface area contributed by atoms with Crippen molar-refractivity contribution < 1.29 is 9.53 Å². The van der Waals surface area contributed by atoms with E-state index >= 15 is 0 Å². The number of esters is 1. The van der Waals surface area contributed by atoms with Crippen molar-refractivity contribution in [2.75, 3.05) is 0 Å². The number of carbonyl (C=O) groups excluding carboxylic acids is 1. The first kappa shape index (κ1) is 24.6. The number of allylic oxidation sites excluding steroid dienone is 3. The molecule has 0 heterocycles. The Bertz CT molecular complexity index is 927. The molecule has 5 aliphatic rings. The van der Waals surface area contributed by atoms with Crippen molar-refractivity contribution in [2.24, 2.45) is 50.7 Å². The Morgan fingerprint density at radius 2 is 1.71 bits per heavy atom. The maximum Gasteiger partial charge on any atom is 0.302 e. The molecule has 5 aliphatic carbocycles. The summed E-state index contributed by atoms with van der Waals surface area (Å²) in [4.78, 5) is 12.5. The van der Waals surface area contributed by atoms with Gasteiger partial charge in [-0.2, -0.15) is 0 Å². The zero-order chi connectivity index (χ0) is 24.9. The lowest BCUT2D eigenvalue weighted by Gasteiger charge is -2.72. The number of carbonyl (C=O) groups is 1. The molecule has 9 atom stereocenters. The van der Waals surface area contributed by atoms with Gasteiger partial charge in [0.2, 0.25) is 0 Å². The molecule has 34 heavy (non-hydrogen) atoms. The van der Waals surface area contributed by atoms with Gasteiger partial charge in [-0.3, -0.25) is 4.79 Å². The summed E-state index contributed by atoms with van der Waals surface area (Å²) >= 11 is 0. The summed E-state index contributed by atoms with van der Waals surface area (Å²) in [5.74, 6) is 2.19. The topological polar surface area (TPSA) is 26.3 Å². The van der Waals surface area contributed by atoms with Gasteiger partial charge in [0.1, 0.15) is 6.10 Å². The van der Waals surface area contributed by atoms with E-state index in [4.69, 9.17) is 4.74 Å². The molecule has 5 rings (SSSR count). The average molecular weight is 467 g/mol. The van der Waals surface area contributed by atoms with Crippen LogP contribution in [0.2, 0.25) is 0 Å². The summed E-state index contributed by atoms with van der Waals surface area (Å²) in [5.41, 5.74) is 4.17. The summed E-state index contributed by atoms with van der Waals surface area (Å²) in [7, 11) is 0. The highest BCUT2D eigenvalue weighted by Crippen LogP contribution is 2.76. The molecule has 0 aliphatic heterocycles. The monoisotopic (exact) mass is 466 g/mol. The molecule has 4 saturated carbocycles. The molecule has 0 bridgehead atoms. The van der Waals surface area contributed by atoms with Gasteiger partial charge in [0.25, 0.3) is 0 Å². The normalized spacial score (nSPS) is 51.8. The second-order valence-electron chi connectivity index (χ2n) is 14.9. The van der Waals surface area contributed by atoms with Crippen LogP contribution in [0.4, 0.5) is 0 Å². The second kappa shape index (κ2) is 7.48. The first-order valence-electron chi connectivity index (χ1n) is 14.3. The number of fused-ring (bicyclic) bond motifs is 7. The van der Waals surface area contributed by atoms with Crippen LogP contribution in [0.3, 0.4) is 0 Å². The molecule has 0 unspecified atom stereocenters. The van der Waals surface area contributed by atoms with Crippen LogP contribution in [0, 0.1) is 50.7 Å². The van der Waals surface area contributed by atoms with Crippen LogP contribution in [0.25, 0.3) is 0 Å². The summed E-state index contributed by atoms with van der Waals surface area (Å²) in [6.07, 6.45) is 13.8. The van der Waals surface area contributed by atoms with Gasteiger partial charge in [-0.1, -0.05) is 78.7 Å². The standard InChI is InChI=1S/C32H50O2/c1-20-13-16-29(6)17-18-31(8)23(27(29)21(20)2)11-12-24-30(7)15-10-14-28(4,5)25(30)19-26(32(24,31)9)34-22(3)33/h11,21,24-27H,1,10,12-19H2,2-9H3/t21-,24+,25-,26+,27-,29+,30+,31+,32-/m0/s1. The fourth-order valence-electron chi connectivity index (χ4n) is 11.0. The summed E-state index contributed by atoms with van der Waals surface area (Å²) < 4.78 is 6.39. The molecule has 0 saturated heterocycles. The smallest absolute Gasteiger partial charge is 0.302 e. The molecule has 0 aromatic carbocycles. The minimum atomic E-state index is -0.0954. The van der Waals surface area contributed by atoms with Crippen molar-refractivity contribution in [3.63, 3.8) is 0 Å². The van der Waals surface area contributed by atoms with E-state index in [0.29, 0.717) is 39.9 Å². The van der Waals surface area contributed by atoms with Crippen LogP contribution in [-0.2, 0) is 9.53 Å². The Morgan fingerprint density at radius 1 is 1.00 bits per heavy atom. The quantitative estimate of drug-likeness (QED) is 0.286.